The van der Waals surface area contributed by atoms with E-state index in [4.69, 9.17) is 14.2 Å². The maximum Gasteiger partial charge on any atom is 0.306 e. The predicted octanol–water partition coefficient (Wildman–Crippen LogP) is 23.3. The molecule has 0 aromatic rings. The van der Waals surface area contributed by atoms with Gasteiger partial charge in [-0.1, -0.05) is 302 Å². The van der Waals surface area contributed by atoms with Gasteiger partial charge in [0.05, 0.1) is 0 Å². The number of carbonyl (C=O) groups is 3. The van der Waals surface area contributed by atoms with Crippen LogP contribution < -0.4 is 0 Å². The molecule has 0 bridgehead atoms. The van der Waals surface area contributed by atoms with E-state index in [9.17, 15) is 14.4 Å². The number of hydrogen-bond acceptors (Lipinski definition) is 6. The lowest BCUT2D eigenvalue weighted by atomic mass is 10.0. The molecule has 81 heavy (non-hydrogen) atoms. The Morgan fingerprint density at radius 3 is 0.753 bits per heavy atom. The molecular weight excluding hydrogens is 997 g/mol. The summed E-state index contributed by atoms with van der Waals surface area (Å²) in [6, 6.07) is 0. The highest BCUT2D eigenvalue weighted by Crippen LogP contribution is 2.16. The first-order chi connectivity index (χ1) is 40.0. The van der Waals surface area contributed by atoms with E-state index in [1.54, 1.807) is 0 Å². The Balaban J connectivity index is 4.03. The number of allylic oxidation sites excluding steroid dienone is 22. The van der Waals surface area contributed by atoms with E-state index < -0.39 is 6.10 Å². The summed E-state index contributed by atoms with van der Waals surface area (Å²) in [5.41, 5.74) is 0. The molecule has 0 radical (unpaired) electrons. The van der Waals surface area contributed by atoms with Gasteiger partial charge in [0, 0.05) is 19.3 Å². The van der Waals surface area contributed by atoms with Crippen LogP contribution in [0.5, 0.6) is 0 Å². The molecule has 0 saturated heterocycles. The molecular formula is C75H124O6. The van der Waals surface area contributed by atoms with Gasteiger partial charge in [-0.2, -0.15) is 0 Å². The lowest BCUT2D eigenvalue weighted by Crippen LogP contribution is -2.30. The Morgan fingerprint density at radius 1 is 0.259 bits per heavy atom. The van der Waals surface area contributed by atoms with E-state index in [0.717, 1.165) is 135 Å². The largest absolute Gasteiger partial charge is 0.462 e. The molecule has 6 heteroatoms. The van der Waals surface area contributed by atoms with Crippen molar-refractivity contribution >= 4 is 17.9 Å². The predicted molar refractivity (Wildman–Crippen MR) is 353 cm³/mol. The monoisotopic (exact) mass is 1120 g/mol. The second kappa shape index (κ2) is 68.1. The SMILES string of the molecule is CC/C=C\C/C=C\C/C=C\C/C=C\C/C=C\C/C=C\C/C=C\CCCCCCCCCCCCCC(=O)OCC(COC(=O)CCCCCCC)OC(=O)CCCCCCCCCCCCCC/C=C\C/C=C\C/C=C\C/C=C\CC. The molecule has 1 unspecified atom stereocenters. The second-order valence-corrected chi connectivity index (χ2v) is 22.0. The summed E-state index contributed by atoms with van der Waals surface area (Å²) >= 11 is 0. The number of esters is 3. The molecule has 0 N–H and O–H groups in total. The molecule has 0 aromatic heterocycles. The van der Waals surface area contributed by atoms with E-state index in [2.05, 4.69) is 154 Å². The van der Waals surface area contributed by atoms with Gasteiger partial charge >= 0.3 is 17.9 Å². The maximum absolute atomic E-state index is 12.8. The van der Waals surface area contributed by atoms with Gasteiger partial charge in [0.2, 0.25) is 0 Å². The Kier molecular flexibility index (Phi) is 64.3. The average molecular weight is 1120 g/mol. The van der Waals surface area contributed by atoms with Crippen LogP contribution in [0.3, 0.4) is 0 Å². The molecule has 0 aliphatic rings. The first-order valence-corrected chi connectivity index (χ1v) is 33.7. The number of rotatable bonds is 60. The molecule has 0 heterocycles. The van der Waals surface area contributed by atoms with Gasteiger partial charge in [0.15, 0.2) is 6.10 Å². The van der Waals surface area contributed by atoms with Crippen molar-refractivity contribution in [3.63, 3.8) is 0 Å². The summed E-state index contributed by atoms with van der Waals surface area (Å²) in [5, 5.41) is 0. The summed E-state index contributed by atoms with van der Waals surface area (Å²) in [5.74, 6) is -0.895. The van der Waals surface area contributed by atoms with Gasteiger partial charge in [-0.25, -0.2) is 0 Å². The fourth-order valence-electron chi connectivity index (χ4n) is 9.18. The van der Waals surface area contributed by atoms with Crippen molar-refractivity contribution in [3.05, 3.63) is 134 Å². The summed E-state index contributed by atoms with van der Waals surface area (Å²) < 4.78 is 16.8. The first-order valence-electron chi connectivity index (χ1n) is 33.7. The molecule has 0 aromatic carbocycles. The molecule has 0 saturated carbocycles. The van der Waals surface area contributed by atoms with E-state index in [-0.39, 0.29) is 31.1 Å². The van der Waals surface area contributed by atoms with Gasteiger partial charge in [-0.3, -0.25) is 14.4 Å². The molecule has 0 aliphatic carbocycles. The smallest absolute Gasteiger partial charge is 0.306 e. The first kappa shape index (κ1) is 76.5. The third-order valence-corrected chi connectivity index (χ3v) is 14.2. The van der Waals surface area contributed by atoms with E-state index >= 15 is 0 Å². The molecule has 6 nitrogen and oxygen atoms in total. The van der Waals surface area contributed by atoms with E-state index in [1.807, 2.05) is 0 Å². The van der Waals surface area contributed by atoms with Crippen LogP contribution in [0.4, 0.5) is 0 Å². The fraction of sp³-hybridized carbons (Fsp3) is 0.667. The normalized spacial score (nSPS) is 13.0. The molecule has 0 aliphatic heterocycles. The number of carbonyl (C=O) groups excluding carboxylic acids is 3. The Labute approximate surface area is 500 Å². The molecule has 0 fully saturated rings. The van der Waals surface area contributed by atoms with Crippen LogP contribution in [0.25, 0.3) is 0 Å². The van der Waals surface area contributed by atoms with Crippen LogP contribution in [0, 0.1) is 0 Å². The van der Waals surface area contributed by atoms with Gasteiger partial charge in [0.25, 0.3) is 0 Å². The minimum atomic E-state index is -0.780. The lowest BCUT2D eigenvalue weighted by Gasteiger charge is -2.18. The van der Waals surface area contributed by atoms with Crippen molar-refractivity contribution in [3.8, 4) is 0 Å². The van der Waals surface area contributed by atoms with Crippen molar-refractivity contribution in [2.75, 3.05) is 13.2 Å². The molecule has 0 amide bonds. The quantitative estimate of drug-likeness (QED) is 0.0261. The zero-order valence-corrected chi connectivity index (χ0v) is 52.8. The van der Waals surface area contributed by atoms with Crippen LogP contribution in [-0.4, -0.2) is 37.2 Å². The third kappa shape index (κ3) is 66.2. The third-order valence-electron chi connectivity index (χ3n) is 14.2. The Bertz CT molecular complexity index is 1720. The second-order valence-electron chi connectivity index (χ2n) is 22.0. The van der Waals surface area contributed by atoms with Crippen LogP contribution in [0.15, 0.2) is 134 Å². The highest BCUT2D eigenvalue weighted by atomic mass is 16.6. The number of unbranched alkanes of at least 4 members (excludes halogenated alkanes) is 27. The zero-order chi connectivity index (χ0) is 58.5. The van der Waals surface area contributed by atoms with Crippen LogP contribution in [0.1, 0.15) is 303 Å². The van der Waals surface area contributed by atoms with E-state index in [0.29, 0.717) is 19.3 Å². The summed E-state index contributed by atoms with van der Waals surface area (Å²) in [4.78, 5) is 38.0. The molecule has 460 valence electrons. The summed E-state index contributed by atoms with van der Waals surface area (Å²) in [7, 11) is 0. The number of hydrogen-bond donors (Lipinski definition) is 0. The van der Waals surface area contributed by atoms with E-state index in [1.165, 1.54) is 128 Å². The maximum atomic E-state index is 12.8. The molecule has 0 rings (SSSR count). The van der Waals surface area contributed by atoms with Crippen molar-refractivity contribution in [2.45, 2.75) is 309 Å². The highest BCUT2D eigenvalue weighted by molar-refractivity contribution is 5.71. The number of ether oxygens (including phenoxy) is 3. The topological polar surface area (TPSA) is 78.9 Å². The minimum Gasteiger partial charge on any atom is -0.462 e. The van der Waals surface area contributed by atoms with Crippen molar-refractivity contribution in [2.24, 2.45) is 0 Å². The van der Waals surface area contributed by atoms with Crippen LogP contribution in [0.2, 0.25) is 0 Å². The molecule has 0 spiro atoms. The fourth-order valence-corrected chi connectivity index (χ4v) is 9.18. The van der Waals surface area contributed by atoms with Crippen molar-refractivity contribution < 1.29 is 28.6 Å². The van der Waals surface area contributed by atoms with Gasteiger partial charge in [0.1, 0.15) is 13.2 Å². The Hall–Kier alpha value is -4.45. The van der Waals surface area contributed by atoms with Crippen molar-refractivity contribution in [1.82, 2.24) is 0 Å². The Morgan fingerprint density at radius 2 is 0.481 bits per heavy atom. The van der Waals surface area contributed by atoms with Gasteiger partial charge in [-0.05, 0) is 116 Å². The average Bonchev–Trinajstić information content (AvgIpc) is 3.47. The standard InChI is InChI=1S/C75H124O6/c1-4-7-10-13-15-17-19-21-23-25-27-29-31-33-34-35-36-37-38-39-40-42-43-45-47-49-51-53-55-57-59-62-65-68-74(77)80-71-72(70-79-73(76)67-64-61-12-9-6-3)81-75(78)69-66-63-60-58-56-54-52-50-48-46-44-41-32-30-28-26-24-22-20-18-16-14-11-8-5-2/h7-8,10-11,15-18,21-24,27-30,33-34,36-37,39-40,72H,4-6,9,12-14,19-20,25-26,31-32,35,38,41-71H2,1-3H3/b10-7-,11-8-,17-15-,18-16-,23-21-,24-22-,29-27-,30-28-,34-33-,37-36-,40-39-. The van der Waals surface area contributed by atoms with Crippen LogP contribution >= 0.6 is 0 Å². The zero-order valence-electron chi connectivity index (χ0n) is 52.8. The van der Waals surface area contributed by atoms with Gasteiger partial charge in [-0.15, -0.1) is 0 Å². The van der Waals surface area contributed by atoms with Gasteiger partial charge < -0.3 is 14.2 Å². The summed E-state index contributed by atoms with van der Waals surface area (Å²) in [6.07, 6.45) is 96.6. The highest BCUT2D eigenvalue weighted by Gasteiger charge is 2.19. The minimum absolute atomic E-state index is 0.0808. The lowest BCUT2D eigenvalue weighted by molar-refractivity contribution is -0.167. The molecule has 1 atom stereocenters. The van der Waals surface area contributed by atoms with Crippen LogP contribution in [-0.2, 0) is 28.6 Å². The summed E-state index contributed by atoms with van der Waals surface area (Å²) in [6.45, 7) is 6.34. The van der Waals surface area contributed by atoms with Crippen molar-refractivity contribution in [1.29, 1.82) is 0 Å².